The number of Topliss-reactive ketones (excluding diaryl/α,β-unsaturated/α-hetero) is 1. The van der Waals surface area contributed by atoms with E-state index in [4.69, 9.17) is 5.11 Å². The normalized spacial score (nSPS) is 28.8. The molecule has 0 radical (unpaired) electrons. The van der Waals surface area contributed by atoms with E-state index in [0.29, 0.717) is 24.5 Å². The highest BCUT2D eigenvalue weighted by molar-refractivity contribution is 5.81. The van der Waals surface area contributed by atoms with Gasteiger partial charge in [-0.1, -0.05) is 19.8 Å². The van der Waals surface area contributed by atoms with Crippen LogP contribution in [0.5, 0.6) is 0 Å². The van der Waals surface area contributed by atoms with E-state index in [1.54, 1.807) is 0 Å². The highest BCUT2D eigenvalue weighted by Crippen LogP contribution is 2.29. The van der Waals surface area contributed by atoms with Crippen LogP contribution in [0.2, 0.25) is 0 Å². The molecule has 1 aliphatic carbocycles. The summed E-state index contributed by atoms with van der Waals surface area (Å²) in [5.74, 6) is 1.40. The summed E-state index contributed by atoms with van der Waals surface area (Å²) in [5.41, 5.74) is 0. The number of hydrogen-bond donors (Lipinski definition) is 1. The van der Waals surface area contributed by atoms with Gasteiger partial charge in [0.15, 0.2) is 0 Å². The molecule has 2 nitrogen and oxygen atoms in total. The monoisotopic (exact) mass is 184 g/mol. The Balaban J connectivity index is 2.28. The van der Waals surface area contributed by atoms with Crippen LogP contribution in [0.25, 0.3) is 0 Å². The van der Waals surface area contributed by atoms with Crippen molar-refractivity contribution in [3.63, 3.8) is 0 Å². The fourth-order valence-corrected chi connectivity index (χ4v) is 2.18. The summed E-state index contributed by atoms with van der Waals surface area (Å²) >= 11 is 0. The molecular weight excluding hydrogens is 164 g/mol. The second kappa shape index (κ2) is 5.38. The van der Waals surface area contributed by atoms with Crippen LogP contribution in [0.3, 0.4) is 0 Å². The van der Waals surface area contributed by atoms with Gasteiger partial charge in [0.2, 0.25) is 0 Å². The fourth-order valence-electron chi connectivity index (χ4n) is 2.18. The first-order valence-electron chi connectivity index (χ1n) is 5.37. The molecule has 1 aliphatic rings. The van der Waals surface area contributed by atoms with Crippen LogP contribution < -0.4 is 0 Å². The first-order chi connectivity index (χ1) is 6.24. The predicted molar refractivity (Wildman–Crippen MR) is 52.4 cm³/mol. The van der Waals surface area contributed by atoms with Gasteiger partial charge in [-0.25, -0.2) is 0 Å². The first kappa shape index (κ1) is 10.7. The van der Waals surface area contributed by atoms with Gasteiger partial charge in [-0.2, -0.15) is 0 Å². The van der Waals surface area contributed by atoms with E-state index in [2.05, 4.69) is 6.92 Å². The van der Waals surface area contributed by atoms with Crippen molar-refractivity contribution in [2.24, 2.45) is 11.8 Å². The molecule has 1 rings (SSSR count). The van der Waals surface area contributed by atoms with E-state index in [-0.39, 0.29) is 6.61 Å². The third-order valence-electron chi connectivity index (χ3n) is 2.97. The van der Waals surface area contributed by atoms with Crippen molar-refractivity contribution in [1.82, 2.24) is 0 Å². The van der Waals surface area contributed by atoms with E-state index in [1.807, 2.05) is 0 Å². The number of carbonyl (C=O) groups excluding carboxylic acids is 1. The molecule has 76 valence electrons. The minimum Gasteiger partial charge on any atom is -0.396 e. The van der Waals surface area contributed by atoms with Gasteiger partial charge in [0, 0.05) is 18.9 Å². The fraction of sp³-hybridized carbons (Fsp3) is 0.909. The molecule has 0 aromatic heterocycles. The lowest BCUT2D eigenvalue weighted by atomic mass is 9.79. The molecule has 2 unspecified atom stereocenters. The third-order valence-corrected chi connectivity index (χ3v) is 2.97. The zero-order valence-corrected chi connectivity index (χ0v) is 8.46. The maximum atomic E-state index is 11.6. The van der Waals surface area contributed by atoms with Crippen LogP contribution in [0, 0.1) is 11.8 Å². The quantitative estimate of drug-likeness (QED) is 0.727. The summed E-state index contributed by atoms with van der Waals surface area (Å²) in [4.78, 5) is 11.6. The molecule has 1 fully saturated rings. The van der Waals surface area contributed by atoms with Gasteiger partial charge >= 0.3 is 0 Å². The average Bonchev–Trinajstić information content (AvgIpc) is 2.14. The summed E-state index contributed by atoms with van der Waals surface area (Å²) in [5, 5.41) is 8.61. The maximum absolute atomic E-state index is 11.6. The number of hydrogen-bond acceptors (Lipinski definition) is 2. The largest absolute Gasteiger partial charge is 0.396 e. The third kappa shape index (κ3) is 3.47. The molecule has 0 amide bonds. The molecule has 0 heterocycles. The van der Waals surface area contributed by atoms with Gasteiger partial charge < -0.3 is 5.11 Å². The van der Waals surface area contributed by atoms with Crippen molar-refractivity contribution in [2.75, 3.05) is 6.61 Å². The second-order valence-electron chi connectivity index (χ2n) is 4.26. The van der Waals surface area contributed by atoms with E-state index in [9.17, 15) is 4.79 Å². The molecule has 0 aromatic carbocycles. The minimum absolute atomic E-state index is 0.147. The zero-order valence-electron chi connectivity index (χ0n) is 8.46. The molecule has 13 heavy (non-hydrogen) atoms. The average molecular weight is 184 g/mol. The lowest BCUT2D eigenvalue weighted by molar-refractivity contribution is -0.124. The number of rotatable bonds is 4. The van der Waals surface area contributed by atoms with Gasteiger partial charge in [-0.3, -0.25) is 4.79 Å². The highest BCUT2D eigenvalue weighted by Gasteiger charge is 2.23. The summed E-state index contributed by atoms with van der Waals surface area (Å²) < 4.78 is 0. The molecule has 0 aliphatic heterocycles. The molecule has 2 atom stereocenters. The molecule has 0 spiro atoms. The van der Waals surface area contributed by atoms with E-state index in [0.717, 1.165) is 18.8 Å². The Morgan fingerprint density at radius 1 is 1.46 bits per heavy atom. The highest BCUT2D eigenvalue weighted by atomic mass is 16.3. The summed E-state index contributed by atoms with van der Waals surface area (Å²) in [6.07, 6.45) is 5.86. The molecule has 0 saturated heterocycles. The molecule has 1 saturated carbocycles. The molecule has 1 N–H and O–H groups in total. The van der Waals surface area contributed by atoms with Gasteiger partial charge in [0.1, 0.15) is 5.78 Å². The topological polar surface area (TPSA) is 37.3 Å². The lowest BCUT2D eigenvalue weighted by Gasteiger charge is -2.25. The smallest absolute Gasteiger partial charge is 0.136 e. The molecular formula is C11H20O2. The predicted octanol–water partition coefficient (Wildman–Crippen LogP) is 2.15. The molecule has 2 heteroatoms. The Morgan fingerprint density at radius 2 is 2.23 bits per heavy atom. The van der Waals surface area contributed by atoms with Crippen molar-refractivity contribution in [1.29, 1.82) is 0 Å². The SMILES string of the molecule is CC1CCCC(C(=O)CCCO)C1. The number of ketones is 1. The van der Waals surface area contributed by atoms with Crippen molar-refractivity contribution in [3.05, 3.63) is 0 Å². The van der Waals surface area contributed by atoms with Gasteiger partial charge in [0.25, 0.3) is 0 Å². The van der Waals surface area contributed by atoms with Crippen LogP contribution >= 0.6 is 0 Å². The molecule has 0 aromatic rings. The summed E-state index contributed by atoms with van der Waals surface area (Å²) in [6.45, 7) is 2.37. The van der Waals surface area contributed by atoms with E-state index >= 15 is 0 Å². The first-order valence-corrected chi connectivity index (χ1v) is 5.37. The van der Waals surface area contributed by atoms with Crippen LogP contribution in [0.1, 0.15) is 45.4 Å². The van der Waals surface area contributed by atoms with Crippen molar-refractivity contribution in [3.8, 4) is 0 Å². The maximum Gasteiger partial charge on any atom is 0.136 e. The van der Waals surface area contributed by atoms with E-state index in [1.165, 1.54) is 12.8 Å². The Bertz CT molecular complexity index is 165. The van der Waals surface area contributed by atoms with Crippen molar-refractivity contribution in [2.45, 2.75) is 45.4 Å². The summed E-state index contributed by atoms with van der Waals surface area (Å²) in [6, 6.07) is 0. The standard InChI is InChI=1S/C11H20O2/c1-9-4-2-5-10(8-9)11(13)6-3-7-12/h9-10,12H,2-8H2,1H3. The summed E-state index contributed by atoms with van der Waals surface area (Å²) in [7, 11) is 0. The van der Waals surface area contributed by atoms with E-state index < -0.39 is 0 Å². The Morgan fingerprint density at radius 3 is 2.85 bits per heavy atom. The van der Waals surface area contributed by atoms with Gasteiger partial charge in [-0.05, 0) is 25.2 Å². The number of carbonyl (C=O) groups is 1. The number of aliphatic hydroxyl groups excluding tert-OH is 1. The zero-order chi connectivity index (χ0) is 9.68. The van der Waals surface area contributed by atoms with Crippen LogP contribution in [-0.2, 0) is 4.79 Å². The van der Waals surface area contributed by atoms with Gasteiger partial charge in [-0.15, -0.1) is 0 Å². The van der Waals surface area contributed by atoms with Gasteiger partial charge in [0.05, 0.1) is 0 Å². The van der Waals surface area contributed by atoms with Crippen molar-refractivity contribution < 1.29 is 9.90 Å². The van der Waals surface area contributed by atoms with Crippen LogP contribution in [0.4, 0.5) is 0 Å². The molecule has 0 bridgehead atoms. The van der Waals surface area contributed by atoms with Crippen molar-refractivity contribution >= 4 is 5.78 Å². The lowest BCUT2D eigenvalue weighted by Crippen LogP contribution is -2.21. The second-order valence-corrected chi connectivity index (χ2v) is 4.26. The number of aliphatic hydroxyl groups is 1. The minimum atomic E-state index is 0.147. The van der Waals surface area contributed by atoms with Crippen LogP contribution in [0.15, 0.2) is 0 Å². The Kier molecular flexibility index (Phi) is 4.43. The van der Waals surface area contributed by atoms with Crippen LogP contribution in [-0.4, -0.2) is 17.5 Å². The Hall–Kier alpha value is -0.370. The Labute approximate surface area is 80.3 Å².